The van der Waals surface area contributed by atoms with E-state index in [2.05, 4.69) is 9.84 Å². The number of nitrogens with one attached hydrogen (secondary N) is 1. The second kappa shape index (κ2) is 8.10. The molecule has 1 N–H and O–H groups in total. The number of carbonyl (C=O) groups excluding carboxylic acids is 1. The molecule has 28 heavy (non-hydrogen) atoms. The van der Waals surface area contributed by atoms with Gasteiger partial charge in [-0.05, 0) is 19.1 Å². The molecule has 0 aliphatic heterocycles. The molecule has 1 aromatic heterocycles. The Bertz CT molecular complexity index is 1060. The van der Waals surface area contributed by atoms with Crippen molar-refractivity contribution in [3.8, 4) is 0 Å². The van der Waals surface area contributed by atoms with Gasteiger partial charge in [-0.25, -0.2) is 8.42 Å². The van der Waals surface area contributed by atoms with Crippen LogP contribution in [0.1, 0.15) is 28.4 Å². The molecule has 0 fully saturated rings. The third-order valence-corrected chi connectivity index (χ3v) is 5.37. The van der Waals surface area contributed by atoms with Crippen LogP contribution in [0.15, 0.2) is 28.0 Å². The van der Waals surface area contributed by atoms with Crippen molar-refractivity contribution in [2.45, 2.75) is 31.1 Å². The fourth-order valence-electron chi connectivity index (χ4n) is 2.48. The highest BCUT2D eigenvalue weighted by molar-refractivity contribution is 7.90. The molecule has 154 valence electrons. The lowest BCUT2D eigenvalue weighted by molar-refractivity contribution is -0.176. The average Bonchev–Trinajstić information content (AvgIpc) is 2.94. The number of H-pyrrole nitrogens is 1. The van der Waals surface area contributed by atoms with Gasteiger partial charge in [-0.2, -0.15) is 13.2 Å². The summed E-state index contributed by atoms with van der Waals surface area (Å²) in [6, 6.07) is 2.16. The second-order valence-corrected chi connectivity index (χ2v) is 8.21. The van der Waals surface area contributed by atoms with E-state index in [1.807, 2.05) is 0 Å². The van der Waals surface area contributed by atoms with Crippen LogP contribution < -0.4 is 5.56 Å². The van der Waals surface area contributed by atoms with E-state index in [0.717, 1.165) is 18.4 Å². The van der Waals surface area contributed by atoms with Gasteiger partial charge in [0.2, 0.25) is 5.78 Å². The standard InChI is InChI=1S/C16H16ClF3N2O5S/c1-3-22-15(24)10(6-21-22)14(23)9-4-5-12(28(2,25)26)11(13(9)17)7-27-8-16(18,19)20/h4-6,21H,3,7-8H2,1-2H3. The number of aryl methyl sites for hydroxylation is 1. The molecule has 0 amide bonds. The number of nitrogens with zero attached hydrogens (tertiary/aromatic N) is 1. The molecule has 7 nitrogen and oxygen atoms in total. The van der Waals surface area contributed by atoms with Crippen LogP contribution in [0.25, 0.3) is 0 Å². The van der Waals surface area contributed by atoms with Crippen LogP contribution in [0, 0.1) is 0 Å². The number of alkyl halides is 3. The summed E-state index contributed by atoms with van der Waals surface area (Å²) in [7, 11) is -3.87. The van der Waals surface area contributed by atoms with E-state index in [1.165, 1.54) is 10.9 Å². The van der Waals surface area contributed by atoms with Crippen molar-refractivity contribution >= 4 is 27.2 Å². The molecule has 0 saturated heterocycles. The highest BCUT2D eigenvalue weighted by Crippen LogP contribution is 2.30. The average molecular weight is 441 g/mol. The molecular formula is C16H16ClF3N2O5S. The number of hydrogen-bond donors (Lipinski definition) is 1. The lowest BCUT2D eigenvalue weighted by atomic mass is 10.0. The smallest absolute Gasteiger partial charge is 0.367 e. The van der Waals surface area contributed by atoms with Crippen LogP contribution >= 0.6 is 11.6 Å². The normalized spacial score (nSPS) is 12.4. The van der Waals surface area contributed by atoms with E-state index in [-0.39, 0.29) is 28.1 Å². The number of hydrogen-bond acceptors (Lipinski definition) is 5. The maximum atomic E-state index is 12.7. The molecule has 0 atom stereocenters. The number of ether oxygens (including phenoxy) is 1. The number of benzene rings is 1. The lowest BCUT2D eigenvalue weighted by Crippen LogP contribution is -2.22. The quantitative estimate of drug-likeness (QED) is 0.667. The van der Waals surface area contributed by atoms with Crippen LogP contribution in [-0.2, 0) is 27.7 Å². The summed E-state index contributed by atoms with van der Waals surface area (Å²) in [5.74, 6) is -0.796. The van der Waals surface area contributed by atoms with Gasteiger partial charge in [0, 0.05) is 30.1 Å². The first-order valence-corrected chi connectivity index (χ1v) is 10.1. The zero-order chi connectivity index (χ0) is 21.3. The Morgan fingerprint density at radius 3 is 2.43 bits per heavy atom. The van der Waals surface area contributed by atoms with Crippen LogP contribution in [-0.4, -0.2) is 43.0 Å². The Hall–Kier alpha value is -2.11. The third kappa shape index (κ3) is 4.83. The molecule has 0 spiro atoms. The Labute approximate surface area is 163 Å². The first-order valence-electron chi connectivity index (χ1n) is 7.85. The van der Waals surface area contributed by atoms with E-state index in [4.69, 9.17) is 11.6 Å². The largest absolute Gasteiger partial charge is 0.411 e. The molecule has 0 aliphatic carbocycles. The first-order chi connectivity index (χ1) is 12.9. The molecule has 0 aliphatic rings. The third-order valence-electron chi connectivity index (χ3n) is 3.76. The number of sulfone groups is 1. The molecule has 0 radical (unpaired) electrons. The number of aromatic nitrogens is 2. The molecule has 0 saturated carbocycles. The summed E-state index contributed by atoms with van der Waals surface area (Å²) in [6.45, 7) is -0.447. The van der Waals surface area contributed by atoms with Gasteiger partial charge in [0.15, 0.2) is 9.84 Å². The van der Waals surface area contributed by atoms with Crippen LogP contribution in [0.4, 0.5) is 13.2 Å². The van der Waals surface area contributed by atoms with Crippen molar-refractivity contribution < 1.29 is 31.1 Å². The highest BCUT2D eigenvalue weighted by atomic mass is 35.5. The van der Waals surface area contributed by atoms with Gasteiger partial charge in [0.25, 0.3) is 5.56 Å². The monoisotopic (exact) mass is 440 g/mol. The van der Waals surface area contributed by atoms with Crippen LogP contribution in [0.3, 0.4) is 0 Å². The molecule has 1 aromatic carbocycles. The fourth-order valence-corrected chi connectivity index (χ4v) is 3.77. The van der Waals surface area contributed by atoms with Gasteiger partial charge in [-0.1, -0.05) is 11.6 Å². The highest BCUT2D eigenvalue weighted by Gasteiger charge is 2.29. The van der Waals surface area contributed by atoms with Crippen molar-refractivity contribution in [3.63, 3.8) is 0 Å². The van der Waals surface area contributed by atoms with Crippen molar-refractivity contribution in [1.82, 2.24) is 9.78 Å². The summed E-state index contributed by atoms with van der Waals surface area (Å²) < 4.78 is 66.6. The van der Waals surface area contributed by atoms with Crippen LogP contribution in [0.5, 0.6) is 0 Å². The predicted octanol–water partition coefficient (Wildman–Crippen LogP) is 2.56. The molecule has 1 heterocycles. The summed E-state index contributed by atoms with van der Waals surface area (Å²) in [4.78, 5) is 24.5. The van der Waals surface area contributed by atoms with E-state index >= 15 is 0 Å². The minimum atomic E-state index is -4.62. The molecule has 2 aromatic rings. The number of aromatic amines is 1. The minimum absolute atomic E-state index is 0.223. The van der Waals surface area contributed by atoms with Gasteiger partial charge >= 0.3 is 6.18 Å². The summed E-state index contributed by atoms with van der Waals surface area (Å²) >= 11 is 6.14. The SMILES string of the molecule is CCn1[nH]cc(C(=O)c2ccc(S(C)(=O)=O)c(COCC(F)(F)F)c2Cl)c1=O. The Balaban J connectivity index is 2.52. The summed E-state index contributed by atoms with van der Waals surface area (Å²) in [5.41, 5.74) is -1.35. The maximum Gasteiger partial charge on any atom is 0.411 e. The van der Waals surface area contributed by atoms with Crippen molar-refractivity contribution in [2.75, 3.05) is 12.9 Å². The Kier molecular flexibility index (Phi) is 6.41. The Morgan fingerprint density at radius 1 is 1.29 bits per heavy atom. The number of ketones is 1. The van der Waals surface area contributed by atoms with E-state index < -0.39 is 45.6 Å². The van der Waals surface area contributed by atoms with Crippen molar-refractivity contribution in [2.24, 2.45) is 0 Å². The zero-order valence-electron chi connectivity index (χ0n) is 14.8. The lowest BCUT2D eigenvalue weighted by Gasteiger charge is -2.14. The predicted molar refractivity (Wildman–Crippen MR) is 94.4 cm³/mol. The summed E-state index contributed by atoms with van der Waals surface area (Å²) in [5, 5.41) is 2.20. The van der Waals surface area contributed by atoms with Crippen molar-refractivity contribution in [1.29, 1.82) is 0 Å². The minimum Gasteiger partial charge on any atom is -0.367 e. The number of rotatable bonds is 7. The van der Waals surface area contributed by atoms with E-state index in [0.29, 0.717) is 0 Å². The Morgan fingerprint density at radius 2 is 1.93 bits per heavy atom. The van der Waals surface area contributed by atoms with Crippen molar-refractivity contribution in [3.05, 3.63) is 50.4 Å². The van der Waals surface area contributed by atoms with Gasteiger partial charge in [0.1, 0.15) is 12.2 Å². The zero-order valence-corrected chi connectivity index (χ0v) is 16.3. The molecule has 0 unspecified atom stereocenters. The number of carbonyl (C=O) groups is 1. The fraction of sp³-hybridized carbons (Fsp3) is 0.375. The molecule has 12 heteroatoms. The van der Waals surface area contributed by atoms with E-state index in [1.54, 1.807) is 6.92 Å². The molecule has 0 bridgehead atoms. The van der Waals surface area contributed by atoms with E-state index in [9.17, 15) is 31.2 Å². The maximum absolute atomic E-state index is 12.7. The van der Waals surface area contributed by atoms with Gasteiger partial charge in [0.05, 0.1) is 16.5 Å². The molecular weight excluding hydrogens is 425 g/mol. The first kappa shape index (κ1) is 22.2. The number of halogens is 4. The van der Waals surface area contributed by atoms with Gasteiger partial charge in [-0.15, -0.1) is 0 Å². The van der Waals surface area contributed by atoms with Crippen LogP contribution in [0.2, 0.25) is 5.02 Å². The second-order valence-electron chi connectivity index (χ2n) is 5.85. The molecule has 2 rings (SSSR count). The van der Waals surface area contributed by atoms with Gasteiger partial charge in [-0.3, -0.25) is 14.3 Å². The summed E-state index contributed by atoms with van der Waals surface area (Å²) in [6.07, 6.45) is -2.60. The van der Waals surface area contributed by atoms with Gasteiger partial charge < -0.3 is 9.84 Å². The topological polar surface area (TPSA) is 98.2 Å².